The van der Waals surface area contributed by atoms with Crippen LogP contribution in [0.1, 0.15) is 5.56 Å². The molecule has 0 atom stereocenters. The van der Waals surface area contributed by atoms with Gasteiger partial charge < -0.3 is 19.7 Å². The summed E-state index contributed by atoms with van der Waals surface area (Å²) in [4.78, 5) is 13.7. The maximum Gasteiger partial charge on any atom is 0.317 e. The summed E-state index contributed by atoms with van der Waals surface area (Å²) in [5.74, 6) is 1.83. The average Bonchev–Trinajstić information content (AvgIpc) is 2.86. The Morgan fingerprint density at radius 3 is 2.68 bits per heavy atom. The van der Waals surface area contributed by atoms with Gasteiger partial charge in [0.05, 0.1) is 11.5 Å². The van der Waals surface area contributed by atoms with Crippen LogP contribution in [-0.4, -0.2) is 50.7 Å². The lowest BCUT2D eigenvalue weighted by atomic mass is 9.83. The van der Waals surface area contributed by atoms with Crippen LogP contribution in [0, 0.1) is 5.41 Å². The Balaban J connectivity index is 1.29. The highest BCUT2D eigenvalue weighted by Gasteiger charge is 2.57. The van der Waals surface area contributed by atoms with Crippen LogP contribution in [0.3, 0.4) is 0 Å². The SMILES string of the molecule is O=C(NCc1ccc2c(c1)OCO2)N1CC2(C1)CS(=O)(=O)C2. The predicted octanol–water partition coefficient (Wildman–Crippen LogP) is 0.355. The van der Waals surface area contributed by atoms with E-state index < -0.39 is 9.84 Å². The molecule has 1 N–H and O–H groups in total. The van der Waals surface area contributed by atoms with Crippen LogP contribution in [0.5, 0.6) is 11.5 Å². The second-order valence-electron chi connectivity index (χ2n) is 6.23. The lowest BCUT2D eigenvalue weighted by Gasteiger charge is -2.54. The highest BCUT2D eigenvalue weighted by molar-refractivity contribution is 7.92. The average molecular weight is 324 g/mol. The number of carbonyl (C=O) groups is 1. The molecule has 118 valence electrons. The molecule has 0 saturated carbocycles. The summed E-state index contributed by atoms with van der Waals surface area (Å²) in [6.07, 6.45) is 0. The lowest BCUT2D eigenvalue weighted by Crippen LogP contribution is -2.70. The molecule has 3 aliphatic heterocycles. The summed E-state index contributed by atoms with van der Waals surface area (Å²) in [5.41, 5.74) is 0.758. The molecular formula is C14H16N2O5S. The Kier molecular flexibility index (Phi) is 2.81. The van der Waals surface area contributed by atoms with E-state index in [2.05, 4.69) is 5.32 Å². The number of sulfone groups is 1. The minimum absolute atomic E-state index is 0.160. The number of hydrogen-bond donors (Lipinski definition) is 1. The van der Waals surface area contributed by atoms with Gasteiger partial charge in [-0.2, -0.15) is 0 Å². The van der Waals surface area contributed by atoms with Crippen molar-refractivity contribution in [3.63, 3.8) is 0 Å². The normalized spacial score (nSPS) is 22.8. The quantitative estimate of drug-likeness (QED) is 0.849. The van der Waals surface area contributed by atoms with Crippen molar-refractivity contribution in [1.82, 2.24) is 10.2 Å². The number of urea groups is 1. The van der Waals surface area contributed by atoms with E-state index >= 15 is 0 Å². The second kappa shape index (κ2) is 4.52. The van der Waals surface area contributed by atoms with Gasteiger partial charge in [0.1, 0.15) is 0 Å². The molecule has 0 aliphatic carbocycles. The van der Waals surface area contributed by atoms with Crippen molar-refractivity contribution in [3.05, 3.63) is 23.8 Å². The molecule has 2 fully saturated rings. The van der Waals surface area contributed by atoms with E-state index in [0.29, 0.717) is 31.1 Å². The van der Waals surface area contributed by atoms with Gasteiger partial charge >= 0.3 is 6.03 Å². The molecule has 2 saturated heterocycles. The van der Waals surface area contributed by atoms with Crippen molar-refractivity contribution in [2.75, 3.05) is 31.4 Å². The van der Waals surface area contributed by atoms with Gasteiger partial charge in [0, 0.05) is 25.0 Å². The molecule has 1 aromatic rings. The minimum Gasteiger partial charge on any atom is -0.454 e. The zero-order chi connectivity index (χ0) is 15.4. The lowest BCUT2D eigenvalue weighted by molar-refractivity contribution is 0.0550. The highest BCUT2D eigenvalue weighted by atomic mass is 32.2. The van der Waals surface area contributed by atoms with Gasteiger partial charge in [-0.1, -0.05) is 6.07 Å². The third-order valence-electron chi connectivity index (χ3n) is 4.27. The minimum atomic E-state index is -2.84. The number of nitrogens with zero attached hydrogens (tertiary/aromatic N) is 1. The zero-order valence-electron chi connectivity index (χ0n) is 11.9. The first-order valence-corrected chi connectivity index (χ1v) is 8.89. The van der Waals surface area contributed by atoms with Crippen LogP contribution >= 0.6 is 0 Å². The first-order chi connectivity index (χ1) is 10.4. The van der Waals surface area contributed by atoms with Crippen LogP contribution in [0.25, 0.3) is 0 Å². The van der Waals surface area contributed by atoms with Gasteiger partial charge in [-0.3, -0.25) is 0 Å². The van der Waals surface area contributed by atoms with Gasteiger partial charge in [0.15, 0.2) is 21.3 Å². The maximum absolute atomic E-state index is 12.0. The molecule has 7 nitrogen and oxygen atoms in total. The Morgan fingerprint density at radius 1 is 1.23 bits per heavy atom. The van der Waals surface area contributed by atoms with E-state index in [4.69, 9.17) is 9.47 Å². The number of likely N-dealkylation sites (tertiary alicyclic amines) is 1. The van der Waals surface area contributed by atoms with E-state index in [0.717, 1.165) is 5.56 Å². The van der Waals surface area contributed by atoms with E-state index in [1.165, 1.54) is 0 Å². The Morgan fingerprint density at radius 2 is 1.95 bits per heavy atom. The third-order valence-corrected chi connectivity index (χ3v) is 6.38. The number of amides is 2. The molecule has 3 heterocycles. The fraction of sp³-hybridized carbons (Fsp3) is 0.500. The molecule has 0 aromatic heterocycles. The summed E-state index contributed by atoms with van der Waals surface area (Å²) >= 11 is 0. The third kappa shape index (κ3) is 2.27. The zero-order valence-corrected chi connectivity index (χ0v) is 12.7. The molecule has 0 radical (unpaired) electrons. The Labute approximate surface area is 128 Å². The summed E-state index contributed by atoms with van der Waals surface area (Å²) in [5, 5.41) is 2.84. The van der Waals surface area contributed by atoms with Gasteiger partial charge in [-0.15, -0.1) is 0 Å². The molecule has 1 aromatic carbocycles. The van der Waals surface area contributed by atoms with Crippen LogP contribution in [-0.2, 0) is 16.4 Å². The summed E-state index contributed by atoms with van der Waals surface area (Å²) < 4.78 is 33.0. The largest absolute Gasteiger partial charge is 0.454 e. The number of benzene rings is 1. The van der Waals surface area contributed by atoms with Crippen molar-refractivity contribution < 1.29 is 22.7 Å². The highest BCUT2D eigenvalue weighted by Crippen LogP contribution is 2.41. The van der Waals surface area contributed by atoms with Crippen LogP contribution in [0.2, 0.25) is 0 Å². The number of rotatable bonds is 2. The molecule has 1 spiro atoms. The van der Waals surface area contributed by atoms with Crippen molar-refractivity contribution in [2.24, 2.45) is 5.41 Å². The first-order valence-electron chi connectivity index (χ1n) is 7.07. The van der Waals surface area contributed by atoms with Crippen LogP contribution < -0.4 is 14.8 Å². The summed E-state index contributed by atoms with van der Waals surface area (Å²) in [7, 11) is -2.84. The molecule has 22 heavy (non-hydrogen) atoms. The first kappa shape index (κ1) is 13.7. The number of hydrogen-bond acceptors (Lipinski definition) is 5. The van der Waals surface area contributed by atoms with Gasteiger partial charge in [0.25, 0.3) is 0 Å². The second-order valence-corrected chi connectivity index (χ2v) is 8.30. The molecule has 8 heteroatoms. The number of fused-ring (bicyclic) bond motifs is 1. The Bertz CT molecular complexity index is 726. The molecule has 0 bridgehead atoms. The number of ether oxygens (including phenoxy) is 2. The molecule has 2 amide bonds. The van der Waals surface area contributed by atoms with Crippen LogP contribution in [0.15, 0.2) is 18.2 Å². The predicted molar refractivity (Wildman–Crippen MR) is 77.5 cm³/mol. The topological polar surface area (TPSA) is 84.9 Å². The summed E-state index contributed by atoms with van der Waals surface area (Å²) in [6.45, 7) is 1.68. The number of nitrogens with one attached hydrogen (secondary N) is 1. The fourth-order valence-corrected chi connectivity index (χ4v) is 5.47. The van der Waals surface area contributed by atoms with Crippen molar-refractivity contribution in [1.29, 1.82) is 0 Å². The molecule has 0 unspecified atom stereocenters. The number of carbonyl (C=O) groups excluding carboxylic acids is 1. The monoisotopic (exact) mass is 324 g/mol. The van der Waals surface area contributed by atoms with Crippen molar-refractivity contribution >= 4 is 15.9 Å². The van der Waals surface area contributed by atoms with Crippen molar-refractivity contribution in [2.45, 2.75) is 6.54 Å². The maximum atomic E-state index is 12.0. The van der Waals surface area contributed by atoms with E-state index in [-0.39, 0.29) is 29.7 Å². The molecule has 4 rings (SSSR count). The fourth-order valence-electron chi connectivity index (χ4n) is 3.32. The van der Waals surface area contributed by atoms with Crippen molar-refractivity contribution in [3.8, 4) is 11.5 Å². The van der Waals surface area contributed by atoms with E-state index in [1.54, 1.807) is 4.90 Å². The van der Waals surface area contributed by atoms with Crippen LogP contribution in [0.4, 0.5) is 4.79 Å². The smallest absolute Gasteiger partial charge is 0.317 e. The summed E-state index contributed by atoms with van der Waals surface area (Å²) in [6, 6.07) is 5.39. The van der Waals surface area contributed by atoms with E-state index in [1.807, 2.05) is 18.2 Å². The molecule has 3 aliphatic rings. The van der Waals surface area contributed by atoms with Gasteiger partial charge in [-0.05, 0) is 17.7 Å². The van der Waals surface area contributed by atoms with E-state index in [9.17, 15) is 13.2 Å². The van der Waals surface area contributed by atoms with Gasteiger partial charge in [-0.25, -0.2) is 13.2 Å². The Hall–Kier alpha value is -1.96. The standard InChI is InChI=1S/C14H16N2O5S/c17-13(16-5-14(6-16)7-22(18,19)8-14)15-4-10-1-2-11-12(3-10)21-9-20-11/h1-3H,4-9H2,(H,15,17). The molecular weight excluding hydrogens is 308 g/mol. The van der Waals surface area contributed by atoms with Gasteiger partial charge in [0.2, 0.25) is 6.79 Å².